The Balaban J connectivity index is 3.05. The van der Waals surface area contributed by atoms with Crippen LogP contribution >= 0.6 is 15.9 Å². The van der Waals surface area contributed by atoms with Gasteiger partial charge < -0.3 is 5.32 Å². The first-order valence-electron chi connectivity index (χ1n) is 5.70. The summed E-state index contributed by atoms with van der Waals surface area (Å²) >= 11 is 3.09. The summed E-state index contributed by atoms with van der Waals surface area (Å²) in [5.74, 6) is -0.956. The summed E-state index contributed by atoms with van der Waals surface area (Å²) in [6.45, 7) is 4.79. The molecule has 1 aromatic carbocycles. The van der Waals surface area contributed by atoms with Gasteiger partial charge in [-0.2, -0.15) is 0 Å². The van der Waals surface area contributed by atoms with E-state index < -0.39 is 11.6 Å². The first kappa shape index (κ1) is 14.6. The van der Waals surface area contributed by atoms with Crippen LogP contribution in [0.25, 0.3) is 0 Å². The fourth-order valence-electron chi connectivity index (χ4n) is 1.90. The molecule has 0 amide bonds. The molecule has 0 aliphatic heterocycles. The molecular weight excluding hydrogens is 288 g/mol. The average Bonchev–Trinajstić information content (AvgIpc) is 2.30. The van der Waals surface area contributed by atoms with Crippen molar-refractivity contribution in [2.45, 2.75) is 26.7 Å². The van der Waals surface area contributed by atoms with Gasteiger partial charge in [-0.1, -0.05) is 13.8 Å². The van der Waals surface area contributed by atoms with E-state index in [1.807, 2.05) is 20.9 Å². The van der Waals surface area contributed by atoms with Gasteiger partial charge in [0.15, 0.2) is 0 Å². The predicted molar refractivity (Wildman–Crippen MR) is 70.1 cm³/mol. The molecule has 0 fully saturated rings. The summed E-state index contributed by atoms with van der Waals surface area (Å²) < 4.78 is 27.8. The van der Waals surface area contributed by atoms with Crippen LogP contribution in [0.5, 0.6) is 0 Å². The van der Waals surface area contributed by atoms with Crippen molar-refractivity contribution in [1.29, 1.82) is 0 Å². The van der Waals surface area contributed by atoms with Crippen LogP contribution in [0.1, 0.15) is 25.8 Å². The summed E-state index contributed by atoms with van der Waals surface area (Å²) in [4.78, 5) is 0. The van der Waals surface area contributed by atoms with Crippen LogP contribution in [0.2, 0.25) is 0 Å². The second-order valence-corrected chi connectivity index (χ2v) is 5.55. The minimum Gasteiger partial charge on any atom is -0.319 e. The lowest BCUT2D eigenvalue weighted by atomic mass is 9.81. The SMILES string of the molecule is CCC(C)(CNC)Cc1c(F)ccc(Br)c1F. The maximum absolute atomic E-state index is 13.9. The summed E-state index contributed by atoms with van der Waals surface area (Å²) in [5, 5.41) is 3.08. The lowest BCUT2D eigenvalue weighted by Crippen LogP contribution is -2.31. The molecule has 0 heterocycles. The fraction of sp³-hybridized carbons (Fsp3) is 0.538. The highest BCUT2D eigenvalue weighted by molar-refractivity contribution is 9.10. The zero-order chi connectivity index (χ0) is 13.1. The number of hydrogen-bond donors (Lipinski definition) is 1. The van der Waals surface area contributed by atoms with E-state index in [2.05, 4.69) is 21.2 Å². The van der Waals surface area contributed by atoms with E-state index in [1.54, 1.807) is 0 Å². The van der Waals surface area contributed by atoms with Crippen molar-refractivity contribution in [2.24, 2.45) is 5.41 Å². The Bertz CT molecular complexity index is 395. The van der Waals surface area contributed by atoms with Gasteiger partial charge in [0.25, 0.3) is 0 Å². The van der Waals surface area contributed by atoms with Gasteiger partial charge in [0.05, 0.1) is 4.47 Å². The van der Waals surface area contributed by atoms with Crippen molar-refractivity contribution in [2.75, 3.05) is 13.6 Å². The van der Waals surface area contributed by atoms with Gasteiger partial charge in [-0.25, -0.2) is 8.78 Å². The maximum Gasteiger partial charge on any atom is 0.143 e. The molecule has 0 saturated carbocycles. The van der Waals surface area contributed by atoms with E-state index in [0.29, 0.717) is 10.9 Å². The predicted octanol–water partition coefficient (Wildman–Crippen LogP) is 3.91. The third-order valence-electron chi connectivity index (χ3n) is 3.20. The highest BCUT2D eigenvalue weighted by Gasteiger charge is 2.25. The Labute approximate surface area is 110 Å². The molecule has 1 atom stereocenters. The lowest BCUT2D eigenvalue weighted by molar-refractivity contribution is 0.290. The first-order chi connectivity index (χ1) is 7.93. The molecule has 0 aliphatic rings. The van der Waals surface area contributed by atoms with Crippen molar-refractivity contribution in [3.63, 3.8) is 0 Å². The van der Waals surface area contributed by atoms with E-state index in [9.17, 15) is 8.78 Å². The molecule has 0 saturated heterocycles. The third kappa shape index (κ3) is 3.49. The summed E-state index contributed by atoms with van der Waals surface area (Å²) in [6.07, 6.45) is 1.25. The van der Waals surface area contributed by atoms with Gasteiger partial charge in [0.1, 0.15) is 11.6 Å². The number of benzene rings is 1. The normalized spacial score (nSPS) is 14.7. The zero-order valence-electron chi connectivity index (χ0n) is 10.4. The maximum atomic E-state index is 13.9. The van der Waals surface area contributed by atoms with Gasteiger partial charge in [-0.05, 0) is 53.4 Å². The molecule has 96 valence electrons. The minimum absolute atomic E-state index is 0.142. The molecular formula is C13H18BrF2N. The number of hydrogen-bond acceptors (Lipinski definition) is 1. The third-order valence-corrected chi connectivity index (χ3v) is 3.81. The van der Waals surface area contributed by atoms with E-state index in [0.717, 1.165) is 13.0 Å². The van der Waals surface area contributed by atoms with E-state index in [-0.39, 0.29) is 11.0 Å². The van der Waals surface area contributed by atoms with E-state index >= 15 is 0 Å². The Kier molecular flexibility index (Phi) is 5.07. The molecule has 1 aromatic rings. The van der Waals surface area contributed by atoms with Crippen LogP contribution in [0.4, 0.5) is 8.78 Å². The van der Waals surface area contributed by atoms with Gasteiger partial charge in [0, 0.05) is 12.1 Å². The topological polar surface area (TPSA) is 12.0 Å². The number of halogens is 3. The van der Waals surface area contributed by atoms with E-state index in [1.165, 1.54) is 12.1 Å². The molecule has 4 heteroatoms. The van der Waals surface area contributed by atoms with Gasteiger partial charge >= 0.3 is 0 Å². The highest BCUT2D eigenvalue weighted by Crippen LogP contribution is 2.30. The Hall–Kier alpha value is -0.480. The van der Waals surface area contributed by atoms with Gasteiger partial charge in [-0.15, -0.1) is 0 Å². The zero-order valence-corrected chi connectivity index (χ0v) is 12.0. The fourth-order valence-corrected chi connectivity index (χ4v) is 2.27. The quantitative estimate of drug-likeness (QED) is 0.813. The molecule has 0 aliphatic carbocycles. The summed E-state index contributed by atoms with van der Waals surface area (Å²) in [6, 6.07) is 2.70. The Morgan fingerprint density at radius 2 is 2.00 bits per heavy atom. The van der Waals surface area contributed by atoms with Crippen molar-refractivity contribution in [3.05, 3.63) is 33.8 Å². The van der Waals surface area contributed by atoms with Crippen molar-refractivity contribution >= 4 is 15.9 Å². The molecule has 1 unspecified atom stereocenters. The molecule has 0 radical (unpaired) electrons. The van der Waals surface area contributed by atoms with Crippen LogP contribution in [-0.2, 0) is 6.42 Å². The van der Waals surface area contributed by atoms with Crippen molar-refractivity contribution < 1.29 is 8.78 Å². The van der Waals surface area contributed by atoms with Crippen LogP contribution in [0.15, 0.2) is 16.6 Å². The monoisotopic (exact) mass is 305 g/mol. The average molecular weight is 306 g/mol. The number of nitrogens with one attached hydrogen (secondary N) is 1. The van der Waals surface area contributed by atoms with Crippen molar-refractivity contribution in [1.82, 2.24) is 5.32 Å². The van der Waals surface area contributed by atoms with Gasteiger partial charge in [0.2, 0.25) is 0 Å². The summed E-state index contributed by atoms with van der Waals surface area (Å²) in [7, 11) is 1.85. The molecule has 0 bridgehead atoms. The summed E-state index contributed by atoms with van der Waals surface area (Å²) in [5.41, 5.74) is 0.0241. The smallest absolute Gasteiger partial charge is 0.143 e. The van der Waals surface area contributed by atoms with Crippen molar-refractivity contribution in [3.8, 4) is 0 Å². The number of rotatable bonds is 5. The van der Waals surface area contributed by atoms with Crippen LogP contribution in [0.3, 0.4) is 0 Å². The van der Waals surface area contributed by atoms with Gasteiger partial charge in [-0.3, -0.25) is 0 Å². The minimum atomic E-state index is -0.485. The molecule has 0 spiro atoms. The highest BCUT2D eigenvalue weighted by atomic mass is 79.9. The lowest BCUT2D eigenvalue weighted by Gasteiger charge is -2.28. The second-order valence-electron chi connectivity index (χ2n) is 4.69. The van der Waals surface area contributed by atoms with Crippen LogP contribution < -0.4 is 5.32 Å². The van der Waals surface area contributed by atoms with Crippen LogP contribution in [-0.4, -0.2) is 13.6 Å². The van der Waals surface area contributed by atoms with Crippen LogP contribution in [0, 0.1) is 17.0 Å². The molecule has 1 nitrogen and oxygen atoms in total. The molecule has 0 aromatic heterocycles. The Morgan fingerprint density at radius 1 is 1.35 bits per heavy atom. The molecule has 1 rings (SSSR count). The molecule has 17 heavy (non-hydrogen) atoms. The second kappa shape index (κ2) is 5.91. The standard InChI is InChI=1S/C13H18BrF2N/c1-4-13(2,8-17-3)7-9-11(15)6-5-10(14)12(9)16/h5-6,17H,4,7-8H2,1-3H3. The molecule has 1 N–H and O–H groups in total. The van der Waals surface area contributed by atoms with E-state index in [4.69, 9.17) is 0 Å². The first-order valence-corrected chi connectivity index (χ1v) is 6.50. The Morgan fingerprint density at radius 3 is 2.53 bits per heavy atom. The largest absolute Gasteiger partial charge is 0.319 e.